The van der Waals surface area contributed by atoms with E-state index in [2.05, 4.69) is 17.1 Å². The monoisotopic (exact) mass is 418 g/mol. The maximum absolute atomic E-state index is 12.8. The topological polar surface area (TPSA) is 50.8 Å². The molecule has 0 bridgehead atoms. The summed E-state index contributed by atoms with van der Waals surface area (Å²) in [7, 11) is 0. The third-order valence-electron chi connectivity index (χ3n) is 5.90. The van der Waals surface area contributed by atoms with Crippen LogP contribution in [0.15, 0.2) is 24.3 Å². The number of carbonyl (C=O) groups is 1. The Morgan fingerprint density at radius 3 is 2.37 bits per heavy atom. The van der Waals surface area contributed by atoms with Crippen molar-refractivity contribution < 1.29 is 14.3 Å². The fraction of sp³-hybridized carbons (Fsp3) is 0.720. The van der Waals surface area contributed by atoms with Gasteiger partial charge in [-0.2, -0.15) is 0 Å². The number of benzene rings is 1. The molecule has 170 valence electrons. The number of likely N-dealkylation sites (tertiary alicyclic amines) is 1. The molecule has 1 amide bonds. The number of hydrogen-bond donors (Lipinski definition) is 1. The molecule has 1 aromatic rings. The molecule has 2 rings (SSSR count). The van der Waals surface area contributed by atoms with Crippen LogP contribution in [0.4, 0.5) is 5.69 Å². The van der Waals surface area contributed by atoms with E-state index in [9.17, 15) is 4.79 Å². The van der Waals surface area contributed by atoms with Crippen molar-refractivity contribution in [3.8, 4) is 5.75 Å². The molecule has 0 unspecified atom stereocenters. The number of unbranched alkanes of at least 4 members (excludes halogenated alkanes) is 2. The van der Waals surface area contributed by atoms with Gasteiger partial charge in [-0.1, -0.05) is 39.0 Å². The van der Waals surface area contributed by atoms with E-state index in [-0.39, 0.29) is 5.91 Å². The van der Waals surface area contributed by atoms with Crippen LogP contribution in [-0.4, -0.2) is 49.3 Å². The van der Waals surface area contributed by atoms with Gasteiger partial charge >= 0.3 is 0 Å². The van der Waals surface area contributed by atoms with Gasteiger partial charge in [-0.3, -0.25) is 4.79 Å². The molecule has 0 aromatic heterocycles. The van der Waals surface area contributed by atoms with E-state index in [1.54, 1.807) is 0 Å². The minimum atomic E-state index is -0.785. The van der Waals surface area contributed by atoms with Gasteiger partial charge in [0, 0.05) is 18.8 Å². The first-order valence-corrected chi connectivity index (χ1v) is 12.0. The Bertz CT molecular complexity index is 597. The van der Waals surface area contributed by atoms with Crippen molar-refractivity contribution >= 4 is 11.6 Å². The van der Waals surface area contributed by atoms with E-state index in [0.29, 0.717) is 6.61 Å². The Hall–Kier alpha value is -1.59. The maximum atomic E-state index is 12.8. The molecule has 1 N–H and O–H groups in total. The lowest BCUT2D eigenvalue weighted by Crippen LogP contribution is -2.42. The van der Waals surface area contributed by atoms with Crippen LogP contribution in [-0.2, 0) is 9.53 Å². The smallest absolute Gasteiger partial charge is 0.256 e. The zero-order valence-corrected chi connectivity index (χ0v) is 19.4. The molecule has 0 aliphatic carbocycles. The van der Waals surface area contributed by atoms with Gasteiger partial charge in [-0.05, 0) is 76.9 Å². The number of nitrogens with one attached hydrogen (secondary N) is 1. The lowest BCUT2D eigenvalue weighted by atomic mass is 9.96. The molecule has 1 heterocycles. The van der Waals surface area contributed by atoms with Gasteiger partial charge in [0.2, 0.25) is 0 Å². The SMILES string of the molecule is CCCCC[C@@](C)(OCC)C(=O)Nc1ccc(OCCCN2CCCCCC2)cc1. The van der Waals surface area contributed by atoms with Crippen LogP contribution in [0.5, 0.6) is 5.75 Å². The van der Waals surface area contributed by atoms with Crippen molar-refractivity contribution in [3.63, 3.8) is 0 Å². The lowest BCUT2D eigenvalue weighted by Gasteiger charge is -2.28. The molecule has 1 atom stereocenters. The summed E-state index contributed by atoms with van der Waals surface area (Å²) in [5, 5.41) is 3.01. The van der Waals surface area contributed by atoms with Gasteiger partial charge in [0.05, 0.1) is 6.61 Å². The molecule has 5 nitrogen and oxygen atoms in total. The molecule has 0 radical (unpaired) electrons. The largest absolute Gasteiger partial charge is 0.494 e. The van der Waals surface area contributed by atoms with Crippen LogP contribution >= 0.6 is 0 Å². The van der Waals surface area contributed by atoms with E-state index in [1.165, 1.54) is 38.8 Å². The first-order valence-electron chi connectivity index (χ1n) is 12.0. The summed E-state index contributed by atoms with van der Waals surface area (Å²) in [4.78, 5) is 15.4. The number of rotatable bonds is 13. The summed E-state index contributed by atoms with van der Waals surface area (Å²) >= 11 is 0. The number of nitrogens with zero attached hydrogens (tertiary/aromatic N) is 1. The highest BCUT2D eigenvalue weighted by atomic mass is 16.5. The second-order valence-corrected chi connectivity index (χ2v) is 8.56. The Morgan fingerprint density at radius 2 is 1.73 bits per heavy atom. The minimum Gasteiger partial charge on any atom is -0.494 e. The van der Waals surface area contributed by atoms with Gasteiger partial charge in [0.15, 0.2) is 0 Å². The van der Waals surface area contributed by atoms with Crippen molar-refractivity contribution in [1.29, 1.82) is 0 Å². The second kappa shape index (κ2) is 13.7. The fourth-order valence-electron chi connectivity index (χ4n) is 4.02. The molecule has 1 aliphatic heterocycles. The van der Waals surface area contributed by atoms with Crippen LogP contribution in [0.25, 0.3) is 0 Å². The molecule has 1 fully saturated rings. The average Bonchev–Trinajstić information content (AvgIpc) is 3.01. The maximum Gasteiger partial charge on any atom is 0.256 e. The van der Waals surface area contributed by atoms with Gasteiger partial charge in [0.1, 0.15) is 11.4 Å². The summed E-state index contributed by atoms with van der Waals surface area (Å²) in [5.41, 5.74) is -0.00906. The Balaban J connectivity index is 1.76. The van der Waals surface area contributed by atoms with Crippen molar-refractivity contribution in [2.24, 2.45) is 0 Å². The normalized spacial score (nSPS) is 17.2. The fourth-order valence-corrected chi connectivity index (χ4v) is 4.02. The quantitative estimate of drug-likeness (QED) is 0.421. The van der Waals surface area contributed by atoms with Gasteiger partial charge in [-0.25, -0.2) is 0 Å². The summed E-state index contributed by atoms with van der Waals surface area (Å²) in [6.45, 7) is 10.8. The van der Waals surface area contributed by atoms with Crippen LogP contribution in [0.1, 0.15) is 78.6 Å². The zero-order valence-electron chi connectivity index (χ0n) is 19.4. The van der Waals surface area contributed by atoms with Crippen molar-refractivity contribution in [2.45, 2.75) is 84.2 Å². The van der Waals surface area contributed by atoms with E-state index < -0.39 is 5.60 Å². The second-order valence-electron chi connectivity index (χ2n) is 8.56. The van der Waals surface area contributed by atoms with Gasteiger partial charge in [-0.15, -0.1) is 0 Å². The highest BCUT2D eigenvalue weighted by molar-refractivity contribution is 5.97. The number of hydrogen-bond acceptors (Lipinski definition) is 4. The number of amides is 1. The molecular formula is C25H42N2O3. The predicted octanol–water partition coefficient (Wildman–Crippen LogP) is 5.65. The highest BCUT2D eigenvalue weighted by Gasteiger charge is 2.33. The van der Waals surface area contributed by atoms with Crippen LogP contribution in [0, 0.1) is 0 Å². The Labute approximate surface area is 183 Å². The van der Waals surface area contributed by atoms with Crippen molar-refractivity contribution in [3.05, 3.63) is 24.3 Å². The Morgan fingerprint density at radius 1 is 1.03 bits per heavy atom. The molecule has 1 aliphatic rings. The third-order valence-corrected chi connectivity index (χ3v) is 5.90. The van der Waals surface area contributed by atoms with E-state index in [1.807, 2.05) is 38.1 Å². The van der Waals surface area contributed by atoms with Crippen LogP contribution in [0.3, 0.4) is 0 Å². The molecule has 1 aromatic carbocycles. The number of anilines is 1. The summed E-state index contributed by atoms with van der Waals surface area (Å²) < 4.78 is 11.7. The molecule has 0 saturated carbocycles. The summed E-state index contributed by atoms with van der Waals surface area (Å²) in [6, 6.07) is 7.66. The molecule has 1 saturated heterocycles. The first kappa shape index (κ1) is 24.7. The van der Waals surface area contributed by atoms with E-state index >= 15 is 0 Å². The lowest BCUT2D eigenvalue weighted by molar-refractivity contribution is -0.139. The van der Waals surface area contributed by atoms with Gasteiger partial charge < -0.3 is 19.7 Å². The molecule has 5 heteroatoms. The van der Waals surface area contributed by atoms with Crippen molar-refractivity contribution in [1.82, 2.24) is 4.90 Å². The minimum absolute atomic E-state index is 0.0772. The first-order chi connectivity index (χ1) is 14.6. The van der Waals surface area contributed by atoms with Crippen molar-refractivity contribution in [2.75, 3.05) is 38.2 Å². The van der Waals surface area contributed by atoms with E-state index in [4.69, 9.17) is 9.47 Å². The average molecular weight is 419 g/mol. The molecular weight excluding hydrogens is 376 g/mol. The van der Waals surface area contributed by atoms with Crippen LogP contribution in [0.2, 0.25) is 0 Å². The predicted molar refractivity (Wildman–Crippen MR) is 124 cm³/mol. The highest BCUT2D eigenvalue weighted by Crippen LogP contribution is 2.23. The van der Waals surface area contributed by atoms with Crippen LogP contribution < -0.4 is 10.1 Å². The standard InChI is InChI=1S/C25H42N2O3/c1-4-6-9-17-25(3,30-5-2)24(28)26-22-13-15-23(16-14-22)29-21-12-20-27-18-10-7-8-11-19-27/h13-16H,4-12,17-21H2,1-3H3,(H,26,28)/t25-/m1/s1. The molecule has 30 heavy (non-hydrogen) atoms. The van der Waals surface area contributed by atoms with Gasteiger partial charge in [0.25, 0.3) is 5.91 Å². The Kier molecular flexibility index (Phi) is 11.2. The number of carbonyl (C=O) groups excluding carboxylic acids is 1. The molecule has 0 spiro atoms. The van der Waals surface area contributed by atoms with E-state index in [0.717, 1.165) is 56.7 Å². The third kappa shape index (κ3) is 8.65. The number of ether oxygens (including phenoxy) is 2. The summed E-state index contributed by atoms with van der Waals surface area (Å²) in [5.74, 6) is 0.769. The zero-order chi connectivity index (χ0) is 21.7. The summed E-state index contributed by atoms with van der Waals surface area (Å²) in [6.07, 6.45) is 10.4.